The smallest absolute Gasteiger partial charge is 0.242 e. The fourth-order valence-electron chi connectivity index (χ4n) is 4.33. The zero-order chi connectivity index (χ0) is 18.3. The maximum atomic E-state index is 13.0. The highest BCUT2D eigenvalue weighted by atomic mass is 16.5. The SMILES string of the molecule is CC(=O)N[C@@]12CCOC[C@@H]1CN(C(=O)Cn1c(C)nc3ccccc31)C2. The van der Waals surface area contributed by atoms with E-state index < -0.39 is 0 Å². The lowest BCUT2D eigenvalue weighted by Gasteiger charge is -2.38. The average Bonchev–Trinajstić information content (AvgIpc) is 3.12. The van der Waals surface area contributed by atoms with Crippen LogP contribution in [0.15, 0.2) is 24.3 Å². The molecule has 0 unspecified atom stereocenters. The molecule has 0 bridgehead atoms. The fraction of sp³-hybridized carbons (Fsp3) is 0.526. The van der Waals surface area contributed by atoms with Crippen molar-refractivity contribution in [2.45, 2.75) is 32.4 Å². The van der Waals surface area contributed by atoms with Gasteiger partial charge in [-0.25, -0.2) is 4.98 Å². The molecule has 7 nitrogen and oxygen atoms in total. The van der Waals surface area contributed by atoms with Crippen LogP contribution in [-0.2, 0) is 20.9 Å². The number of benzene rings is 1. The van der Waals surface area contributed by atoms with E-state index in [0.717, 1.165) is 23.3 Å². The lowest BCUT2D eigenvalue weighted by Crippen LogP contribution is -2.57. The van der Waals surface area contributed by atoms with Gasteiger partial charge < -0.3 is 19.5 Å². The average molecular weight is 356 g/mol. The fourth-order valence-corrected chi connectivity index (χ4v) is 4.33. The van der Waals surface area contributed by atoms with Gasteiger partial charge in [0.1, 0.15) is 12.4 Å². The van der Waals surface area contributed by atoms with Crippen molar-refractivity contribution >= 4 is 22.8 Å². The molecule has 2 atom stereocenters. The van der Waals surface area contributed by atoms with Crippen molar-refractivity contribution < 1.29 is 14.3 Å². The van der Waals surface area contributed by atoms with Crippen LogP contribution < -0.4 is 5.32 Å². The van der Waals surface area contributed by atoms with E-state index >= 15 is 0 Å². The minimum atomic E-state index is -0.355. The van der Waals surface area contributed by atoms with Gasteiger partial charge in [0.05, 0.1) is 23.2 Å². The summed E-state index contributed by atoms with van der Waals surface area (Å²) in [5.74, 6) is 0.971. The Kier molecular flexibility index (Phi) is 4.19. The quantitative estimate of drug-likeness (QED) is 0.893. The van der Waals surface area contributed by atoms with E-state index in [9.17, 15) is 9.59 Å². The summed E-state index contributed by atoms with van der Waals surface area (Å²) >= 11 is 0. The van der Waals surface area contributed by atoms with Crippen LogP contribution in [0.2, 0.25) is 0 Å². The Morgan fingerprint density at radius 3 is 3.00 bits per heavy atom. The number of aromatic nitrogens is 2. The lowest BCUT2D eigenvalue weighted by molar-refractivity contribution is -0.131. The molecule has 26 heavy (non-hydrogen) atoms. The van der Waals surface area contributed by atoms with Gasteiger partial charge in [0.2, 0.25) is 11.8 Å². The Labute approximate surface area is 152 Å². The van der Waals surface area contributed by atoms with E-state index in [1.165, 1.54) is 6.92 Å². The van der Waals surface area contributed by atoms with Gasteiger partial charge in [0.15, 0.2) is 0 Å². The molecular weight excluding hydrogens is 332 g/mol. The number of aryl methyl sites for hydroxylation is 1. The lowest BCUT2D eigenvalue weighted by atomic mass is 9.83. The number of ether oxygens (including phenoxy) is 1. The number of imidazole rings is 1. The molecule has 1 aromatic carbocycles. The number of nitrogens with one attached hydrogen (secondary N) is 1. The molecule has 0 radical (unpaired) electrons. The number of carbonyl (C=O) groups is 2. The molecule has 7 heteroatoms. The molecule has 2 saturated heterocycles. The first-order valence-electron chi connectivity index (χ1n) is 9.05. The molecule has 138 valence electrons. The summed E-state index contributed by atoms with van der Waals surface area (Å²) in [6, 6.07) is 7.84. The zero-order valence-corrected chi connectivity index (χ0v) is 15.2. The third-order valence-corrected chi connectivity index (χ3v) is 5.62. The summed E-state index contributed by atoms with van der Waals surface area (Å²) < 4.78 is 7.56. The first kappa shape index (κ1) is 17.0. The highest BCUT2D eigenvalue weighted by molar-refractivity contribution is 5.82. The number of carbonyl (C=O) groups excluding carboxylic acids is 2. The summed E-state index contributed by atoms with van der Waals surface area (Å²) in [6.07, 6.45) is 0.744. The number of hydrogen-bond acceptors (Lipinski definition) is 4. The van der Waals surface area contributed by atoms with Crippen molar-refractivity contribution in [2.24, 2.45) is 5.92 Å². The maximum Gasteiger partial charge on any atom is 0.242 e. The summed E-state index contributed by atoms with van der Waals surface area (Å²) in [6.45, 7) is 6.07. The van der Waals surface area contributed by atoms with Gasteiger partial charge in [-0.15, -0.1) is 0 Å². The molecule has 1 N–H and O–H groups in total. The van der Waals surface area contributed by atoms with E-state index in [1.807, 2.05) is 40.7 Å². The minimum Gasteiger partial charge on any atom is -0.381 e. The summed E-state index contributed by atoms with van der Waals surface area (Å²) in [4.78, 5) is 31.1. The Hall–Kier alpha value is -2.41. The zero-order valence-electron chi connectivity index (χ0n) is 15.2. The van der Waals surface area contributed by atoms with Crippen LogP contribution in [0.4, 0.5) is 0 Å². The normalized spacial score (nSPS) is 25.3. The third-order valence-electron chi connectivity index (χ3n) is 5.62. The van der Waals surface area contributed by atoms with E-state index in [0.29, 0.717) is 26.3 Å². The molecule has 4 rings (SSSR count). The summed E-state index contributed by atoms with van der Waals surface area (Å²) in [5, 5.41) is 3.11. The van der Waals surface area contributed by atoms with Gasteiger partial charge >= 0.3 is 0 Å². The Morgan fingerprint density at radius 2 is 2.19 bits per heavy atom. The highest BCUT2D eigenvalue weighted by Gasteiger charge is 2.50. The van der Waals surface area contributed by atoms with Crippen molar-refractivity contribution in [1.82, 2.24) is 19.8 Å². The molecule has 3 heterocycles. The largest absolute Gasteiger partial charge is 0.381 e. The summed E-state index contributed by atoms with van der Waals surface area (Å²) in [7, 11) is 0. The van der Waals surface area contributed by atoms with Crippen molar-refractivity contribution in [3.63, 3.8) is 0 Å². The van der Waals surface area contributed by atoms with Gasteiger partial charge in [0.25, 0.3) is 0 Å². The van der Waals surface area contributed by atoms with Crippen molar-refractivity contribution in [1.29, 1.82) is 0 Å². The molecule has 0 spiro atoms. The predicted molar refractivity (Wildman–Crippen MR) is 96.5 cm³/mol. The van der Waals surface area contributed by atoms with E-state index in [4.69, 9.17) is 4.74 Å². The minimum absolute atomic E-state index is 0.0513. The van der Waals surface area contributed by atoms with Gasteiger partial charge in [-0.1, -0.05) is 12.1 Å². The molecule has 2 aromatic rings. The van der Waals surface area contributed by atoms with Crippen LogP contribution in [0.1, 0.15) is 19.2 Å². The van der Waals surface area contributed by atoms with Crippen molar-refractivity contribution in [2.75, 3.05) is 26.3 Å². The topological polar surface area (TPSA) is 76.5 Å². The van der Waals surface area contributed by atoms with E-state index in [2.05, 4.69) is 10.3 Å². The van der Waals surface area contributed by atoms with Crippen LogP contribution in [0.5, 0.6) is 0 Å². The molecule has 2 amide bonds. The van der Waals surface area contributed by atoms with Crippen molar-refractivity contribution in [3.8, 4) is 0 Å². The molecular formula is C19H24N4O3. The Balaban J connectivity index is 1.55. The van der Waals surface area contributed by atoms with Crippen LogP contribution in [-0.4, -0.2) is 58.1 Å². The first-order chi connectivity index (χ1) is 12.5. The molecule has 0 aliphatic carbocycles. The summed E-state index contributed by atoms with van der Waals surface area (Å²) in [5.41, 5.74) is 1.51. The predicted octanol–water partition coefficient (Wildman–Crippen LogP) is 1.10. The number of hydrogen-bond donors (Lipinski definition) is 1. The van der Waals surface area contributed by atoms with Gasteiger partial charge in [-0.05, 0) is 25.5 Å². The van der Waals surface area contributed by atoms with E-state index in [-0.39, 0.29) is 29.8 Å². The number of rotatable bonds is 3. The number of fused-ring (bicyclic) bond motifs is 2. The second kappa shape index (κ2) is 6.39. The number of likely N-dealkylation sites (tertiary alicyclic amines) is 1. The van der Waals surface area contributed by atoms with Crippen LogP contribution >= 0.6 is 0 Å². The van der Waals surface area contributed by atoms with Crippen LogP contribution in [0.3, 0.4) is 0 Å². The van der Waals surface area contributed by atoms with Crippen LogP contribution in [0.25, 0.3) is 11.0 Å². The highest BCUT2D eigenvalue weighted by Crippen LogP contribution is 2.34. The third kappa shape index (κ3) is 2.86. The van der Waals surface area contributed by atoms with E-state index in [1.54, 1.807) is 0 Å². The monoisotopic (exact) mass is 356 g/mol. The van der Waals surface area contributed by atoms with Crippen molar-refractivity contribution in [3.05, 3.63) is 30.1 Å². The first-order valence-corrected chi connectivity index (χ1v) is 9.05. The second-order valence-electron chi connectivity index (χ2n) is 7.37. The molecule has 0 saturated carbocycles. The molecule has 2 aliphatic heterocycles. The number of nitrogens with zero attached hydrogens (tertiary/aromatic N) is 3. The molecule has 2 fully saturated rings. The Morgan fingerprint density at radius 1 is 1.38 bits per heavy atom. The molecule has 2 aliphatic rings. The maximum absolute atomic E-state index is 13.0. The molecule has 1 aromatic heterocycles. The second-order valence-corrected chi connectivity index (χ2v) is 7.37. The Bertz CT molecular complexity index is 862. The standard InChI is InChI=1S/C19H24N4O3/c1-13-20-16-5-3-4-6-17(16)23(13)10-18(25)22-9-15-11-26-8-7-19(15,12-22)21-14(2)24/h3-6,15H,7-12H2,1-2H3,(H,21,24)/t15-,19+/m0/s1. The van der Waals surface area contributed by atoms with Gasteiger partial charge in [0, 0.05) is 32.5 Å². The number of para-hydroxylation sites is 2. The van der Waals surface area contributed by atoms with Gasteiger partial charge in [-0.3, -0.25) is 9.59 Å². The van der Waals surface area contributed by atoms with Crippen LogP contribution in [0, 0.1) is 12.8 Å². The number of amides is 2. The van der Waals surface area contributed by atoms with Gasteiger partial charge in [-0.2, -0.15) is 0 Å².